The minimum absolute atomic E-state index is 0.454. The molecular formula is C24H15Cl2N2O2. The summed E-state index contributed by atoms with van der Waals surface area (Å²) in [7, 11) is 0. The van der Waals surface area contributed by atoms with Gasteiger partial charge in [0.1, 0.15) is 5.76 Å². The normalized spacial score (nSPS) is 11.4. The van der Waals surface area contributed by atoms with Crippen molar-refractivity contribution in [1.82, 2.24) is 4.57 Å². The molecule has 0 aliphatic rings. The first-order valence-electron chi connectivity index (χ1n) is 9.28. The lowest BCUT2D eigenvalue weighted by Gasteiger charge is -2.11. The molecule has 0 aliphatic carbocycles. The van der Waals surface area contributed by atoms with Gasteiger partial charge in [-0.05, 0) is 54.1 Å². The van der Waals surface area contributed by atoms with E-state index in [2.05, 4.69) is 10.6 Å². The predicted octanol–water partition coefficient (Wildman–Crippen LogP) is 6.31. The fourth-order valence-electron chi connectivity index (χ4n) is 3.86. The standard InChI is InChI=1S/C24H15Cl2N2O2/c25-18-6-1-4-15(23(18)26)13-28-19-7-2-5-17(24(27)29)22(19)16-10-9-14(12-20(16)28)21-8-3-11-30-21/h1-9,11-12H,13H2,(H2,27,29). The first-order chi connectivity index (χ1) is 14.5. The maximum absolute atomic E-state index is 12.1. The van der Waals surface area contributed by atoms with Gasteiger partial charge in [-0.3, -0.25) is 4.79 Å². The van der Waals surface area contributed by atoms with Gasteiger partial charge in [0.2, 0.25) is 5.91 Å². The number of furan rings is 1. The molecule has 0 fully saturated rings. The number of carbonyl (C=O) groups is 1. The Bertz CT molecular complexity index is 1420. The number of benzene rings is 3. The second kappa shape index (κ2) is 7.24. The van der Waals surface area contributed by atoms with Crippen molar-refractivity contribution in [3.63, 3.8) is 0 Å². The van der Waals surface area contributed by atoms with E-state index in [0.717, 1.165) is 38.7 Å². The molecule has 4 nitrogen and oxygen atoms in total. The highest BCUT2D eigenvalue weighted by molar-refractivity contribution is 6.42. The Balaban J connectivity index is 1.83. The van der Waals surface area contributed by atoms with Gasteiger partial charge >= 0.3 is 0 Å². The number of halogens is 2. The SMILES string of the molecule is NC(=O)c1cccc2c1c1[c]cc(-c3ccco3)cc1n2Cc1cccc(Cl)c1Cl. The molecule has 6 heteroatoms. The zero-order chi connectivity index (χ0) is 20.8. The van der Waals surface area contributed by atoms with Crippen molar-refractivity contribution in [2.75, 3.05) is 0 Å². The average Bonchev–Trinajstić information content (AvgIpc) is 3.38. The topological polar surface area (TPSA) is 61.2 Å². The van der Waals surface area contributed by atoms with Gasteiger partial charge in [-0.2, -0.15) is 0 Å². The summed E-state index contributed by atoms with van der Waals surface area (Å²) in [6.45, 7) is 0.469. The molecule has 1 radical (unpaired) electrons. The number of nitrogens with zero attached hydrogens (tertiary/aromatic N) is 1. The Morgan fingerprint density at radius 2 is 1.90 bits per heavy atom. The van der Waals surface area contributed by atoms with Crippen LogP contribution in [0.3, 0.4) is 0 Å². The van der Waals surface area contributed by atoms with Crippen LogP contribution in [0.15, 0.2) is 71.3 Å². The van der Waals surface area contributed by atoms with E-state index in [4.69, 9.17) is 33.4 Å². The van der Waals surface area contributed by atoms with Gasteiger partial charge in [-0.25, -0.2) is 0 Å². The summed E-state index contributed by atoms with van der Waals surface area (Å²) in [4.78, 5) is 12.1. The van der Waals surface area contributed by atoms with Gasteiger partial charge in [0.25, 0.3) is 0 Å². The highest BCUT2D eigenvalue weighted by Crippen LogP contribution is 2.36. The van der Waals surface area contributed by atoms with E-state index in [1.807, 2.05) is 48.5 Å². The van der Waals surface area contributed by atoms with Crippen LogP contribution >= 0.6 is 23.2 Å². The number of rotatable bonds is 4. The van der Waals surface area contributed by atoms with Gasteiger partial charge in [0.15, 0.2) is 0 Å². The third kappa shape index (κ3) is 2.96. The van der Waals surface area contributed by atoms with Gasteiger partial charge < -0.3 is 14.7 Å². The first-order valence-corrected chi connectivity index (χ1v) is 10.0. The van der Waals surface area contributed by atoms with Crippen molar-refractivity contribution in [1.29, 1.82) is 0 Å². The van der Waals surface area contributed by atoms with Crippen LogP contribution in [-0.2, 0) is 6.54 Å². The quantitative estimate of drug-likeness (QED) is 0.360. The maximum Gasteiger partial charge on any atom is 0.249 e. The molecule has 3 aromatic carbocycles. The second-order valence-corrected chi connectivity index (χ2v) is 7.77. The van der Waals surface area contributed by atoms with Crippen molar-refractivity contribution < 1.29 is 9.21 Å². The average molecular weight is 434 g/mol. The molecule has 0 saturated carbocycles. The summed E-state index contributed by atoms with van der Waals surface area (Å²) in [5, 5.41) is 2.58. The highest BCUT2D eigenvalue weighted by atomic mass is 35.5. The van der Waals surface area contributed by atoms with Crippen LogP contribution in [0, 0.1) is 6.07 Å². The van der Waals surface area contributed by atoms with Crippen molar-refractivity contribution in [2.24, 2.45) is 5.73 Å². The third-order valence-corrected chi connectivity index (χ3v) is 6.08. The van der Waals surface area contributed by atoms with Gasteiger partial charge in [0.05, 0.1) is 27.3 Å². The van der Waals surface area contributed by atoms with E-state index in [1.54, 1.807) is 18.4 Å². The second-order valence-electron chi connectivity index (χ2n) is 6.99. The van der Waals surface area contributed by atoms with Crippen molar-refractivity contribution >= 4 is 50.9 Å². The molecule has 0 spiro atoms. The monoisotopic (exact) mass is 433 g/mol. The largest absolute Gasteiger partial charge is 0.464 e. The van der Waals surface area contributed by atoms with Crippen LogP contribution in [-0.4, -0.2) is 10.5 Å². The molecule has 0 bridgehead atoms. The molecule has 1 amide bonds. The molecule has 30 heavy (non-hydrogen) atoms. The molecule has 147 valence electrons. The lowest BCUT2D eigenvalue weighted by atomic mass is 10.0. The van der Waals surface area contributed by atoms with Crippen molar-refractivity contribution in [3.8, 4) is 11.3 Å². The summed E-state index contributed by atoms with van der Waals surface area (Å²) in [5.41, 5.74) is 9.64. The molecule has 0 unspecified atom stereocenters. The van der Waals surface area contributed by atoms with Gasteiger partial charge in [-0.1, -0.05) is 41.4 Å². The Kier molecular flexibility index (Phi) is 4.54. The number of primary amides is 1. The van der Waals surface area contributed by atoms with Crippen LogP contribution in [0.2, 0.25) is 10.0 Å². The van der Waals surface area contributed by atoms with E-state index in [1.165, 1.54) is 0 Å². The molecule has 5 rings (SSSR count). The third-order valence-electron chi connectivity index (χ3n) is 5.23. The zero-order valence-electron chi connectivity index (χ0n) is 15.7. The molecule has 2 aromatic heterocycles. The lowest BCUT2D eigenvalue weighted by molar-refractivity contribution is 0.100. The molecule has 5 aromatic rings. The number of hydrogen-bond acceptors (Lipinski definition) is 2. The van der Waals surface area contributed by atoms with E-state index < -0.39 is 5.91 Å². The number of hydrogen-bond donors (Lipinski definition) is 1. The Hall–Kier alpha value is -3.21. The Labute approximate surface area is 182 Å². The van der Waals surface area contributed by atoms with Crippen LogP contribution < -0.4 is 5.73 Å². The Morgan fingerprint density at radius 3 is 2.67 bits per heavy atom. The molecule has 0 aliphatic heterocycles. The van der Waals surface area contributed by atoms with Gasteiger partial charge in [-0.15, -0.1) is 0 Å². The lowest BCUT2D eigenvalue weighted by Crippen LogP contribution is -2.11. The van der Waals surface area contributed by atoms with E-state index in [0.29, 0.717) is 22.2 Å². The van der Waals surface area contributed by atoms with Crippen LogP contribution in [0.5, 0.6) is 0 Å². The molecule has 2 heterocycles. The predicted molar refractivity (Wildman–Crippen MR) is 120 cm³/mol. The highest BCUT2D eigenvalue weighted by Gasteiger charge is 2.18. The van der Waals surface area contributed by atoms with Crippen molar-refractivity contribution in [3.05, 3.63) is 94.2 Å². The first kappa shape index (κ1) is 18.8. The summed E-state index contributed by atoms with van der Waals surface area (Å²) >= 11 is 12.7. The zero-order valence-corrected chi connectivity index (χ0v) is 17.2. The van der Waals surface area contributed by atoms with Crippen molar-refractivity contribution in [2.45, 2.75) is 6.54 Å². The van der Waals surface area contributed by atoms with Crippen LogP contribution in [0.25, 0.3) is 33.1 Å². The van der Waals surface area contributed by atoms with E-state index >= 15 is 0 Å². The summed E-state index contributed by atoms with van der Waals surface area (Å²) in [6, 6.07) is 22.0. The molecule has 2 N–H and O–H groups in total. The molecule has 0 saturated heterocycles. The minimum atomic E-state index is -0.482. The number of carbonyl (C=O) groups excluding carboxylic acids is 1. The summed E-state index contributed by atoms with van der Waals surface area (Å²) in [5.74, 6) is 0.254. The minimum Gasteiger partial charge on any atom is -0.464 e. The molecule has 0 atom stereocenters. The van der Waals surface area contributed by atoms with Gasteiger partial charge in [0, 0.05) is 28.4 Å². The van der Waals surface area contributed by atoms with E-state index in [9.17, 15) is 4.79 Å². The number of fused-ring (bicyclic) bond motifs is 3. The number of amides is 1. The molecular weight excluding hydrogens is 419 g/mol. The van der Waals surface area contributed by atoms with Crippen LogP contribution in [0.4, 0.5) is 0 Å². The Morgan fingerprint density at radius 1 is 1.07 bits per heavy atom. The van der Waals surface area contributed by atoms with Crippen LogP contribution in [0.1, 0.15) is 15.9 Å². The maximum atomic E-state index is 12.1. The fraction of sp³-hybridized carbons (Fsp3) is 0.0417. The fourth-order valence-corrected chi connectivity index (χ4v) is 4.24. The summed E-state index contributed by atoms with van der Waals surface area (Å²) < 4.78 is 7.65. The van der Waals surface area contributed by atoms with E-state index in [-0.39, 0.29) is 0 Å². The summed E-state index contributed by atoms with van der Waals surface area (Å²) in [6.07, 6.45) is 1.63. The smallest absolute Gasteiger partial charge is 0.249 e. The number of nitrogens with two attached hydrogens (primary N) is 1. The number of aromatic nitrogens is 1.